The summed E-state index contributed by atoms with van der Waals surface area (Å²) in [4.78, 5) is 11.2. The van der Waals surface area contributed by atoms with Crippen LogP contribution in [0.4, 0.5) is 5.82 Å². The summed E-state index contributed by atoms with van der Waals surface area (Å²) in [5, 5.41) is 3.51. The summed E-state index contributed by atoms with van der Waals surface area (Å²) >= 11 is 0. The van der Waals surface area contributed by atoms with Gasteiger partial charge in [0.25, 0.3) is 0 Å². The fourth-order valence-electron chi connectivity index (χ4n) is 2.62. The average Bonchev–Trinajstić information content (AvgIpc) is 2.46. The summed E-state index contributed by atoms with van der Waals surface area (Å²) in [7, 11) is 2.19. The van der Waals surface area contributed by atoms with Gasteiger partial charge in [-0.3, -0.25) is 0 Å². The summed E-state index contributed by atoms with van der Waals surface area (Å²) in [5.41, 5.74) is 2.62. The van der Waals surface area contributed by atoms with Gasteiger partial charge in [0.2, 0.25) is 0 Å². The molecule has 0 fully saturated rings. The van der Waals surface area contributed by atoms with Gasteiger partial charge in [-0.2, -0.15) is 0 Å². The minimum atomic E-state index is 0.636. The lowest BCUT2D eigenvalue weighted by atomic mass is 9.96. The number of anilines is 1. The van der Waals surface area contributed by atoms with Crippen LogP contribution in [-0.4, -0.2) is 41.0 Å². The van der Waals surface area contributed by atoms with E-state index < -0.39 is 0 Å². The summed E-state index contributed by atoms with van der Waals surface area (Å²) in [5.74, 6) is 1.08. The third kappa shape index (κ3) is 4.17. The number of aromatic nitrogens is 2. The largest absolute Gasteiger partial charge is 0.370 e. The predicted molar refractivity (Wildman–Crippen MR) is 84.2 cm³/mol. The number of hydrogen-bond donors (Lipinski definition) is 1. The highest BCUT2D eigenvalue weighted by Crippen LogP contribution is 2.24. The molecule has 0 saturated carbocycles. The van der Waals surface area contributed by atoms with Crippen LogP contribution in [0.5, 0.6) is 0 Å². The smallest absolute Gasteiger partial charge is 0.132 e. The van der Waals surface area contributed by atoms with Crippen LogP contribution < -0.4 is 5.32 Å². The molecule has 0 atom stereocenters. The first-order valence-corrected chi connectivity index (χ1v) is 7.95. The molecule has 0 saturated heterocycles. The quantitative estimate of drug-likeness (QED) is 0.778. The van der Waals surface area contributed by atoms with Crippen LogP contribution in [0.3, 0.4) is 0 Å². The Kier molecular flexibility index (Phi) is 5.77. The minimum absolute atomic E-state index is 0.636. The van der Waals surface area contributed by atoms with Crippen molar-refractivity contribution in [2.45, 2.75) is 58.4 Å². The molecule has 1 aromatic rings. The second kappa shape index (κ2) is 7.58. The van der Waals surface area contributed by atoms with Crippen LogP contribution in [0.2, 0.25) is 0 Å². The highest BCUT2D eigenvalue weighted by atomic mass is 15.1. The Bertz CT molecular complexity index is 417. The van der Waals surface area contributed by atoms with Crippen molar-refractivity contribution in [1.82, 2.24) is 14.9 Å². The van der Waals surface area contributed by atoms with E-state index in [1.54, 1.807) is 6.33 Å². The Hall–Kier alpha value is -1.16. The summed E-state index contributed by atoms with van der Waals surface area (Å²) in [6, 6.07) is 0.636. The van der Waals surface area contributed by atoms with E-state index in [0.29, 0.717) is 6.04 Å². The molecule has 0 bridgehead atoms. The zero-order valence-electron chi connectivity index (χ0n) is 13.2. The van der Waals surface area contributed by atoms with Gasteiger partial charge in [0.15, 0.2) is 0 Å². The van der Waals surface area contributed by atoms with Gasteiger partial charge in [0.05, 0.1) is 0 Å². The first-order chi connectivity index (χ1) is 9.68. The second-order valence-corrected chi connectivity index (χ2v) is 6.06. The molecule has 1 aromatic heterocycles. The van der Waals surface area contributed by atoms with Gasteiger partial charge >= 0.3 is 0 Å². The second-order valence-electron chi connectivity index (χ2n) is 6.06. The Morgan fingerprint density at radius 3 is 2.80 bits per heavy atom. The Morgan fingerprint density at radius 1 is 1.20 bits per heavy atom. The topological polar surface area (TPSA) is 41.0 Å². The van der Waals surface area contributed by atoms with E-state index in [2.05, 4.69) is 41.1 Å². The fraction of sp³-hybridized carbons (Fsp3) is 0.750. The van der Waals surface area contributed by atoms with E-state index in [1.807, 2.05) is 0 Å². The van der Waals surface area contributed by atoms with E-state index in [-0.39, 0.29) is 0 Å². The van der Waals surface area contributed by atoms with Crippen molar-refractivity contribution in [2.75, 3.05) is 25.5 Å². The molecule has 1 aliphatic carbocycles. The van der Waals surface area contributed by atoms with Gasteiger partial charge in [0, 0.05) is 23.8 Å². The molecule has 112 valence electrons. The molecular weight excluding hydrogens is 248 g/mol. The molecule has 1 aliphatic rings. The van der Waals surface area contributed by atoms with E-state index in [1.165, 1.54) is 43.5 Å². The van der Waals surface area contributed by atoms with E-state index >= 15 is 0 Å². The van der Waals surface area contributed by atoms with E-state index in [0.717, 1.165) is 25.2 Å². The van der Waals surface area contributed by atoms with Crippen molar-refractivity contribution in [1.29, 1.82) is 0 Å². The molecule has 0 unspecified atom stereocenters. The van der Waals surface area contributed by atoms with E-state index in [9.17, 15) is 0 Å². The fourth-order valence-corrected chi connectivity index (χ4v) is 2.62. The molecule has 4 heteroatoms. The van der Waals surface area contributed by atoms with Gasteiger partial charge in [-0.1, -0.05) is 0 Å². The van der Waals surface area contributed by atoms with Crippen molar-refractivity contribution in [3.8, 4) is 0 Å². The molecule has 0 aromatic carbocycles. The van der Waals surface area contributed by atoms with Crippen molar-refractivity contribution >= 4 is 5.82 Å². The van der Waals surface area contributed by atoms with Crippen molar-refractivity contribution in [2.24, 2.45) is 0 Å². The molecule has 0 aliphatic heterocycles. The first-order valence-electron chi connectivity index (χ1n) is 7.95. The van der Waals surface area contributed by atoms with Crippen LogP contribution >= 0.6 is 0 Å². The molecule has 2 rings (SSSR count). The lowest BCUT2D eigenvalue weighted by Crippen LogP contribution is -2.27. The summed E-state index contributed by atoms with van der Waals surface area (Å²) in [6.07, 6.45) is 8.92. The lowest BCUT2D eigenvalue weighted by molar-refractivity contribution is 0.269. The minimum Gasteiger partial charge on any atom is -0.370 e. The Balaban J connectivity index is 1.75. The van der Waals surface area contributed by atoms with Gasteiger partial charge in [-0.15, -0.1) is 0 Å². The van der Waals surface area contributed by atoms with Gasteiger partial charge in [-0.05, 0) is 66.0 Å². The molecule has 1 N–H and O–H groups in total. The third-order valence-electron chi connectivity index (χ3n) is 4.24. The van der Waals surface area contributed by atoms with E-state index in [4.69, 9.17) is 0 Å². The maximum absolute atomic E-state index is 4.42. The number of fused-ring (bicyclic) bond motifs is 1. The standard InChI is InChI=1S/C16H28N4/c1-13(2)20(3)11-7-6-10-17-16-14-8-4-5-9-15(14)18-12-19-16/h12-13H,4-11H2,1-3H3,(H,17,18,19). The zero-order chi connectivity index (χ0) is 14.4. The molecule has 1 heterocycles. The van der Waals surface area contributed by atoms with Gasteiger partial charge < -0.3 is 10.2 Å². The Morgan fingerprint density at radius 2 is 2.00 bits per heavy atom. The number of unbranched alkanes of at least 4 members (excludes halogenated alkanes) is 1. The van der Waals surface area contributed by atoms with Crippen LogP contribution in [0.1, 0.15) is 50.8 Å². The number of aryl methyl sites for hydroxylation is 1. The molecule has 0 spiro atoms. The molecule has 4 nitrogen and oxygen atoms in total. The monoisotopic (exact) mass is 276 g/mol. The lowest BCUT2D eigenvalue weighted by Gasteiger charge is -2.21. The van der Waals surface area contributed by atoms with Crippen molar-refractivity contribution in [3.05, 3.63) is 17.6 Å². The summed E-state index contributed by atoms with van der Waals surface area (Å²) in [6.45, 7) is 6.66. The number of hydrogen-bond acceptors (Lipinski definition) is 4. The SMILES string of the molecule is CC(C)N(C)CCCCNc1ncnc2c1CCCC2. The number of nitrogens with one attached hydrogen (secondary N) is 1. The van der Waals surface area contributed by atoms with Gasteiger partial charge in [0.1, 0.15) is 12.1 Å². The average molecular weight is 276 g/mol. The number of rotatable bonds is 7. The predicted octanol–water partition coefficient (Wildman–Crippen LogP) is 2.89. The molecule has 0 amide bonds. The maximum atomic E-state index is 4.42. The normalized spacial score (nSPS) is 14.7. The first kappa shape index (κ1) is 15.2. The summed E-state index contributed by atoms with van der Waals surface area (Å²) < 4.78 is 0. The van der Waals surface area contributed by atoms with Crippen LogP contribution in [0.15, 0.2) is 6.33 Å². The highest BCUT2D eigenvalue weighted by Gasteiger charge is 2.14. The van der Waals surface area contributed by atoms with Crippen LogP contribution in [0, 0.1) is 0 Å². The van der Waals surface area contributed by atoms with Crippen LogP contribution in [-0.2, 0) is 12.8 Å². The zero-order valence-corrected chi connectivity index (χ0v) is 13.2. The molecular formula is C16H28N4. The number of nitrogens with zero attached hydrogens (tertiary/aromatic N) is 3. The van der Waals surface area contributed by atoms with Gasteiger partial charge in [-0.25, -0.2) is 9.97 Å². The third-order valence-corrected chi connectivity index (χ3v) is 4.24. The molecule has 0 radical (unpaired) electrons. The Labute approximate surface area is 123 Å². The molecule has 20 heavy (non-hydrogen) atoms. The van der Waals surface area contributed by atoms with Crippen molar-refractivity contribution in [3.63, 3.8) is 0 Å². The van der Waals surface area contributed by atoms with Crippen LogP contribution in [0.25, 0.3) is 0 Å². The van der Waals surface area contributed by atoms with Crippen molar-refractivity contribution < 1.29 is 0 Å². The maximum Gasteiger partial charge on any atom is 0.132 e. The highest BCUT2D eigenvalue weighted by molar-refractivity contribution is 5.46.